The van der Waals surface area contributed by atoms with Gasteiger partial charge in [0, 0.05) is 67.4 Å². The van der Waals surface area contributed by atoms with Crippen molar-refractivity contribution in [1.82, 2.24) is 9.13 Å². The number of anilines is 2. The van der Waals surface area contributed by atoms with Crippen LogP contribution in [-0.4, -0.2) is 15.7 Å². The third-order valence-corrected chi connectivity index (χ3v) is 13.6. The number of fused-ring (bicyclic) bond motifs is 8. The average Bonchev–Trinajstić information content (AvgIpc) is 4.08. The predicted octanol–water partition coefficient (Wildman–Crippen LogP) is 16.9. The van der Waals surface area contributed by atoms with E-state index in [1.165, 1.54) is 43.7 Å². The minimum atomic E-state index is 0.753. The lowest BCUT2D eigenvalue weighted by Crippen LogP contribution is -2.18. The first kappa shape index (κ1) is 38.6. The van der Waals surface area contributed by atoms with Crippen molar-refractivity contribution in [3.63, 3.8) is 0 Å². The Morgan fingerprint density at radius 3 is 1.57 bits per heavy atom. The summed E-state index contributed by atoms with van der Waals surface area (Å²) in [4.78, 5) is 2.36. The predicted molar refractivity (Wildman–Crippen MR) is 282 cm³/mol. The summed E-state index contributed by atoms with van der Waals surface area (Å²) in [5, 5.41) is 5.98. The third kappa shape index (κ3) is 6.45. The van der Waals surface area contributed by atoms with Crippen molar-refractivity contribution >= 4 is 71.5 Å². The number of aromatic nitrogens is 2. The monoisotopic (exact) mass is 857 g/mol. The summed E-state index contributed by atoms with van der Waals surface area (Å²) in [5.41, 5.74) is 19.1. The second-order valence-electron chi connectivity index (χ2n) is 17.4. The molecule has 316 valence electrons. The Kier molecular flexibility index (Phi) is 9.04. The molecule has 0 saturated carbocycles. The van der Waals surface area contributed by atoms with Crippen LogP contribution < -0.4 is 4.90 Å². The zero-order valence-corrected chi connectivity index (χ0v) is 36.7. The molecule has 4 nitrogen and oxygen atoms in total. The molecule has 12 aromatic rings. The Hall–Kier alpha value is -8.86. The highest BCUT2D eigenvalue weighted by molar-refractivity contribution is 6.13. The fraction of sp³-hybridized carbons (Fsp3) is 0.0159. The Morgan fingerprint density at radius 2 is 0.896 bits per heavy atom. The van der Waals surface area contributed by atoms with Crippen LogP contribution in [0.15, 0.2) is 248 Å². The molecule has 0 N–H and O–H groups in total. The molecule has 3 aromatic heterocycles. The number of para-hydroxylation sites is 4. The molecular weight excluding hydrogens is 815 g/mol. The molecule has 67 heavy (non-hydrogen) atoms. The summed E-state index contributed by atoms with van der Waals surface area (Å²) in [6.07, 6.45) is 10.4. The van der Waals surface area contributed by atoms with E-state index < -0.39 is 0 Å². The third-order valence-electron chi connectivity index (χ3n) is 13.6. The highest BCUT2D eigenvalue weighted by atomic mass is 16.3. The fourth-order valence-electron chi connectivity index (χ4n) is 10.3. The molecule has 13 rings (SSSR count). The molecule has 0 bridgehead atoms. The summed E-state index contributed by atoms with van der Waals surface area (Å²) in [5.74, 6) is 0. The molecular formula is C63H43N3O. The standard InChI is InChI=1S/C63H43N3O/c1-42-15-5-4-14-36-64(48-16-6-2-7-17-48)58-32-26-44(37-53(42)58)46-28-34-61-55(39-46)56-40-47(45-27-33-60-54(38-45)51-20-10-12-22-59(51)65(60)49-18-8-3-9-19-49)29-35-62(56)66(61)50-30-24-43(25-31-50)57-41-67-63-23-13-11-21-52(57)63/h2-35,37-41H,1,36H2/b14-4-,15-5-. The van der Waals surface area contributed by atoms with Gasteiger partial charge in [-0.05, 0) is 130 Å². The molecule has 0 amide bonds. The van der Waals surface area contributed by atoms with E-state index in [0.29, 0.717) is 0 Å². The number of hydrogen-bond acceptors (Lipinski definition) is 2. The highest BCUT2D eigenvalue weighted by Crippen LogP contribution is 2.42. The molecule has 0 saturated heterocycles. The van der Waals surface area contributed by atoms with Crippen molar-refractivity contribution in [3.05, 3.63) is 249 Å². The molecule has 0 unspecified atom stereocenters. The molecule has 0 radical (unpaired) electrons. The first-order chi connectivity index (χ1) is 33.1. The van der Waals surface area contributed by atoms with Gasteiger partial charge in [-0.15, -0.1) is 0 Å². The van der Waals surface area contributed by atoms with E-state index in [0.717, 1.165) is 84.7 Å². The summed E-state index contributed by atoms with van der Waals surface area (Å²) >= 11 is 0. The lowest BCUT2D eigenvalue weighted by atomic mass is 9.95. The lowest BCUT2D eigenvalue weighted by Gasteiger charge is -2.27. The summed E-state index contributed by atoms with van der Waals surface area (Å²) < 4.78 is 10.7. The lowest BCUT2D eigenvalue weighted by molar-refractivity contribution is 0.617. The van der Waals surface area contributed by atoms with Gasteiger partial charge in [0.15, 0.2) is 0 Å². The van der Waals surface area contributed by atoms with E-state index in [-0.39, 0.29) is 0 Å². The van der Waals surface area contributed by atoms with Gasteiger partial charge >= 0.3 is 0 Å². The van der Waals surface area contributed by atoms with Crippen molar-refractivity contribution < 1.29 is 4.42 Å². The van der Waals surface area contributed by atoms with Gasteiger partial charge in [-0.3, -0.25) is 0 Å². The van der Waals surface area contributed by atoms with Crippen molar-refractivity contribution in [2.75, 3.05) is 11.4 Å². The Morgan fingerprint density at radius 1 is 0.388 bits per heavy atom. The van der Waals surface area contributed by atoms with Crippen molar-refractivity contribution in [2.24, 2.45) is 0 Å². The van der Waals surface area contributed by atoms with E-state index in [1.54, 1.807) is 0 Å². The van der Waals surface area contributed by atoms with Crippen LogP contribution in [0.3, 0.4) is 0 Å². The van der Waals surface area contributed by atoms with E-state index in [1.807, 2.05) is 18.4 Å². The Bertz CT molecular complexity index is 3960. The molecule has 0 fully saturated rings. The van der Waals surface area contributed by atoms with Crippen LogP contribution >= 0.6 is 0 Å². The van der Waals surface area contributed by atoms with Crippen LogP contribution in [0.2, 0.25) is 0 Å². The molecule has 4 heteroatoms. The number of hydrogen-bond donors (Lipinski definition) is 0. The van der Waals surface area contributed by atoms with Crippen LogP contribution in [0.5, 0.6) is 0 Å². The molecule has 0 spiro atoms. The van der Waals surface area contributed by atoms with Gasteiger partial charge in [0.05, 0.1) is 28.3 Å². The minimum absolute atomic E-state index is 0.753. The van der Waals surface area contributed by atoms with Gasteiger partial charge in [-0.25, -0.2) is 0 Å². The normalized spacial score (nSPS) is 13.9. The number of allylic oxidation sites excluding steroid dienone is 4. The van der Waals surface area contributed by atoms with Crippen LogP contribution in [0, 0.1) is 0 Å². The smallest absolute Gasteiger partial charge is 0.134 e. The largest absolute Gasteiger partial charge is 0.464 e. The first-order valence-electron chi connectivity index (χ1n) is 22.9. The number of rotatable bonds is 6. The zero-order valence-electron chi connectivity index (χ0n) is 36.7. The van der Waals surface area contributed by atoms with E-state index in [9.17, 15) is 0 Å². The Labute approximate surface area is 388 Å². The van der Waals surface area contributed by atoms with Crippen LogP contribution in [0.25, 0.3) is 105 Å². The zero-order chi connectivity index (χ0) is 44.4. The summed E-state index contributed by atoms with van der Waals surface area (Å²) in [6, 6.07) is 74.8. The minimum Gasteiger partial charge on any atom is -0.464 e. The van der Waals surface area contributed by atoms with Gasteiger partial charge in [0.2, 0.25) is 0 Å². The summed E-state index contributed by atoms with van der Waals surface area (Å²) in [6.45, 7) is 5.31. The number of benzene rings is 9. The molecule has 4 heterocycles. The molecule has 0 atom stereocenters. The highest BCUT2D eigenvalue weighted by Gasteiger charge is 2.20. The average molecular weight is 858 g/mol. The maximum Gasteiger partial charge on any atom is 0.134 e. The van der Waals surface area contributed by atoms with Crippen molar-refractivity contribution in [1.29, 1.82) is 0 Å². The van der Waals surface area contributed by atoms with E-state index >= 15 is 0 Å². The van der Waals surface area contributed by atoms with E-state index in [2.05, 4.69) is 239 Å². The van der Waals surface area contributed by atoms with Gasteiger partial charge < -0.3 is 18.5 Å². The fourth-order valence-corrected chi connectivity index (χ4v) is 10.3. The molecule has 0 aliphatic carbocycles. The Balaban J connectivity index is 0.979. The second-order valence-corrected chi connectivity index (χ2v) is 17.4. The number of furan rings is 1. The quantitative estimate of drug-likeness (QED) is 0.167. The maximum atomic E-state index is 5.94. The van der Waals surface area contributed by atoms with Crippen molar-refractivity contribution in [2.45, 2.75) is 0 Å². The van der Waals surface area contributed by atoms with Crippen LogP contribution in [-0.2, 0) is 0 Å². The van der Waals surface area contributed by atoms with Gasteiger partial charge in [-0.1, -0.05) is 140 Å². The summed E-state index contributed by atoms with van der Waals surface area (Å²) in [7, 11) is 0. The van der Waals surface area contributed by atoms with E-state index in [4.69, 9.17) is 4.42 Å². The molecule has 1 aliphatic rings. The van der Waals surface area contributed by atoms with Gasteiger partial charge in [0.25, 0.3) is 0 Å². The molecule has 1 aliphatic heterocycles. The van der Waals surface area contributed by atoms with Gasteiger partial charge in [-0.2, -0.15) is 0 Å². The van der Waals surface area contributed by atoms with Crippen LogP contribution in [0.4, 0.5) is 11.4 Å². The topological polar surface area (TPSA) is 26.2 Å². The molecule has 9 aromatic carbocycles. The maximum absolute atomic E-state index is 5.94. The number of nitrogens with zero attached hydrogens (tertiary/aromatic N) is 3. The first-order valence-corrected chi connectivity index (χ1v) is 22.9. The SMILES string of the molecule is C=C1/C=C\C=C/CN(c2ccccc2)c2ccc(-c3ccc4c(c3)c3cc(-c5ccc6c(c5)c5ccccc5n6-c5ccccc5)ccc3n4-c3ccc(-c4coc5ccccc45)cc3)cc21. The second kappa shape index (κ2) is 15.7. The van der Waals surface area contributed by atoms with Gasteiger partial charge in [0.1, 0.15) is 5.58 Å². The van der Waals surface area contributed by atoms with Crippen molar-refractivity contribution in [3.8, 4) is 44.8 Å². The van der Waals surface area contributed by atoms with Crippen LogP contribution in [0.1, 0.15) is 5.56 Å².